The Labute approximate surface area is 224 Å². The van der Waals surface area contributed by atoms with Crippen molar-refractivity contribution in [3.63, 3.8) is 0 Å². The Morgan fingerprint density at radius 3 is 2.78 bits per heavy atom. The summed E-state index contributed by atoms with van der Waals surface area (Å²) in [7, 11) is 0. The van der Waals surface area contributed by atoms with Gasteiger partial charge in [0.1, 0.15) is 11.5 Å². The Kier molecular flexibility index (Phi) is 7.31. The van der Waals surface area contributed by atoms with Crippen LogP contribution in [0, 0.1) is 12.7 Å². The summed E-state index contributed by atoms with van der Waals surface area (Å²) in [6, 6.07) is 12.9. The van der Waals surface area contributed by atoms with Crippen LogP contribution in [0.5, 0.6) is 0 Å². The molecule has 2 aromatic carbocycles. The van der Waals surface area contributed by atoms with E-state index in [1.165, 1.54) is 10.7 Å². The Morgan fingerprint density at radius 2 is 1.97 bits per heavy atom. The van der Waals surface area contributed by atoms with E-state index in [1.807, 2.05) is 31.2 Å². The van der Waals surface area contributed by atoms with Gasteiger partial charge < -0.3 is 5.32 Å². The number of hydrogen-bond donors (Lipinski definition) is 1. The summed E-state index contributed by atoms with van der Waals surface area (Å²) in [5.74, 6) is -0.489. The fourth-order valence-corrected chi connectivity index (χ4v) is 5.17. The maximum atomic E-state index is 14.2. The largest absolute Gasteiger partial charge is 0.348 e. The number of carbonyl (C=O) groups is 1. The summed E-state index contributed by atoms with van der Waals surface area (Å²) >= 11 is 6.75. The van der Waals surface area contributed by atoms with E-state index in [2.05, 4.69) is 57.5 Å². The summed E-state index contributed by atoms with van der Waals surface area (Å²) in [4.78, 5) is 15.2. The van der Waals surface area contributed by atoms with Crippen LogP contribution in [-0.4, -0.2) is 54.7 Å². The molecule has 0 aliphatic carbocycles. The van der Waals surface area contributed by atoms with Crippen LogP contribution in [0.4, 0.5) is 4.39 Å². The lowest BCUT2D eigenvalue weighted by atomic mass is 10.2. The van der Waals surface area contributed by atoms with Crippen LogP contribution in [0.15, 0.2) is 63.8 Å². The number of halogens is 3. The molecule has 3 heterocycles. The van der Waals surface area contributed by atoms with Crippen LogP contribution in [0.2, 0.25) is 0 Å². The smallest absolute Gasteiger partial charge is 0.255 e. The number of benzene rings is 2. The second-order valence-electron chi connectivity index (χ2n) is 8.90. The molecule has 1 N–H and O–H groups in total. The number of hydrogen-bond acceptors (Lipinski definition) is 5. The number of carbonyl (C=O) groups excluding carboxylic acids is 1. The lowest BCUT2D eigenvalue weighted by Gasteiger charge is -2.15. The van der Waals surface area contributed by atoms with E-state index >= 15 is 0 Å². The minimum Gasteiger partial charge on any atom is -0.348 e. The molecule has 1 saturated heterocycles. The van der Waals surface area contributed by atoms with Crippen molar-refractivity contribution in [1.29, 1.82) is 0 Å². The Morgan fingerprint density at radius 1 is 1.14 bits per heavy atom. The zero-order valence-corrected chi connectivity index (χ0v) is 22.7. The van der Waals surface area contributed by atoms with Crippen molar-refractivity contribution in [2.75, 3.05) is 13.1 Å². The van der Waals surface area contributed by atoms with Crippen molar-refractivity contribution < 1.29 is 9.18 Å². The third-order valence-corrected chi connectivity index (χ3v) is 7.10. The van der Waals surface area contributed by atoms with Gasteiger partial charge >= 0.3 is 0 Å². The first-order valence-corrected chi connectivity index (χ1v) is 13.1. The Balaban J connectivity index is 1.16. The van der Waals surface area contributed by atoms with Crippen molar-refractivity contribution in [1.82, 2.24) is 35.0 Å². The molecule has 1 amide bonds. The van der Waals surface area contributed by atoms with E-state index in [1.54, 1.807) is 29.2 Å². The summed E-state index contributed by atoms with van der Waals surface area (Å²) in [6.07, 6.45) is 4.38. The quantitative estimate of drug-likeness (QED) is 0.331. The lowest BCUT2D eigenvalue weighted by molar-refractivity contribution is 0.0937. The highest BCUT2D eigenvalue weighted by Gasteiger charge is 2.26. The van der Waals surface area contributed by atoms with E-state index in [0.717, 1.165) is 28.7 Å². The minimum atomic E-state index is -0.375. The van der Waals surface area contributed by atoms with Gasteiger partial charge in [-0.3, -0.25) is 14.4 Å². The van der Waals surface area contributed by atoms with Gasteiger partial charge in [-0.05, 0) is 49.2 Å². The van der Waals surface area contributed by atoms with Crippen molar-refractivity contribution in [2.24, 2.45) is 0 Å². The van der Waals surface area contributed by atoms with Crippen LogP contribution >= 0.6 is 31.9 Å². The molecule has 0 bridgehead atoms. The number of rotatable bonds is 7. The van der Waals surface area contributed by atoms with Gasteiger partial charge in [0.05, 0.1) is 29.7 Å². The molecular formula is C25H24Br2FN7O. The SMILES string of the molecule is Cc1nn(Cc2cccc(Br)c2)cc1C(=O)NC1CCN(Cc2cn(-c3ccc(Br)cc3F)nn2)C1. The lowest BCUT2D eigenvalue weighted by Crippen LogP contribution is -2.37. The molecule has 1 atom stereocenters. The van der Waals surface area contributed by atoms with Gasteiger partial charge in [0.2, 0.25) is 0 Å². The van der Waals surface area contributed by atoms with Gasteiger partial charge in [-0.25, -0.2) is 9.07 Å². The zero-order valence-electron chi connectivity index (χ0n) is 19.5. The molecule has 2 aromatic heterocycles. The number of nitrogens with zero attached hydrogens (tertiary/aromatic N) is 6. The molecule has 5 rings (SSSR count). The van der Waals surface area contributed by atoms with Gasteiger partial charge in [-0.2, -0.15) is 5.10 Å². The standard InChI is InChI=1S/C25H24Br2FN7O/c1-16-22(15-34(31-16)11-17-3-2-4-18(26)9-17)25(36)29-20-7-8-33(12-20)13-21-14-35(32-30-21)24-6-5-19(27)10-23(24)28/h2-6,9-10,14-15,20H,7-8,11-13H2,1H3,(H,29,36). The van der Waals surface area contributed by atoms with Gasteiger partial charge in [0.15, 0.2) is 0 Å². The van der Waals surface area contributed by atoms with E-state index in [-0.39, 0.29) is 17.8 Å². The molecule has 11 heteroatoms. The molecule has 36 heavy (non-hydrogen) atoms. The molecule has 0 saturated carbocycles. The predicted molar refractivity (Wildman–Crippen MR) is 140 cm³/mol. The number of aromatic nitrogens is 5. The first kappa shape index (κ1) is 24.8. The molecule has 186 valence electrons. The predicted octanol–water partition coefficient (Wildman–Crippen LogP) is 4.49. The Hall–Kier alpha value is -2.89. The molecule has 1 fully saturated rings. The summed E-state index contributed by atoms with van der Waals surface area (Å²) in [5, 5.41) is 15.9. The molecule has 1 unspecified atom stereocenters. The topological polar surface area (TPSA) is 80.9 Å². The maximum Gasteiger partial charge on any atom is 0.255 e. The molecule has 1 aliphatic heterocycles. The fraction of sp³-hybridized carbons (Fsp3) is 0.280. The zero-order chi connectivity index (χ0) is 25.2. The monoisotopic (exact) mass is 615 g/mol. The van der Waals surface area contributed by atoms with Gasteiger partial charge in [-0.1, -0.05) is 49.2 Å². The average Bonchev–Trinajstić information content (AvgIpc) is 3.55. The average molecular weight is 617 g/mol. The molecule has 0 radical (unpaired) electrons. The number of aryl methyl sites for hydroxylation is 1. The summed E-state index contributed by atoms with van der Waals surface area (Å²) in [5.41, 5.74) is 3.48. The van der Waals surface area contributed by atoms with Gasteiger partial charge in [0.25, 0.3) is 5.91 Å². The minimum absolute atomic E-state index is 0.0318. The van der Waals surface area contributed by atoms with Crippen molar-refractivity contribution >= 4 is 37.8 Å². The fourth-order valence-electron chi connectivity index (χ4n) is 4.39. The van der Waals surface area contributed by atoms with Crippen molar-refractivity contribution in [3.05, 3.63) is 92.1 Å². The third kappa shape index (κ3) is 5.74. The second kappa shape index (κ2) is 10.6. The van der Waals surface area contributed by atoms with Crippen molar-refractivity contribution in [2.45, 2.75) is 32.5 Å². The Bertz CT molecular complexity index is 1400. The highest BCUT2D eigenvalue weighted by molar-refractivity contribution is 9.10. The van der Waals surface area contributed by atoms with Gasteiger partial charge in [0, 0.05) is 40.8 Å². The molecular weight excluding hydrogens is 593 g/mol. The normalized spacial score (nSPS) is 15.9. The molecule has 0 spiro atoms. The first-order valence-electron chi connectivity index (χ1n) is 11.5. The van der Waals surface area contributed by atoms with E-state index in [9.17, 15) is 9.18 Å². The third-order valence-electron chi connectivity index (χ3n) is 6.12. The molecule has 1 aliphatic rings. The summed E-state index contributed by atoms with van der Waals surface area (Å²) in [6.45, 7) is 4.55. The first-order chi connectivity index (χ1) is 17.3. The van der Waals surface area contributed by atoms with E-state index in [0.29, 0.717) is 41.1 Å². The van der Waals surface area contributed by atoms with Crippen molar-refractivity contribution in [3.8, 4) is 5.69 Å². The highest BCUT2D eigenvalue weighted by atomic mass is 79.9. The van der Waals surface area contributed by atoms with Crippen LogP contribution in [0.25, 0.3) is 5.69 Å². The molecule has 4 aromatic rings. The van der Waals surface area contributed by atoms with E-state index < -0.39 is 0 Å². The number of likely N-dealkylation sites (tertiary alicyclic amines) is 1. The second-order valence-corrected chi connectivity index (χ2v) is 10.7. The van der Waals surface area contributed by atoms with Crippen LogP contribution in [-0.2, 0) is 13.1 Å². The summed E-state index contributed by atoms with van der Waals surface area (Å²) < 4.78 is 19.2. The van der Waals surface area contributed by atoms with Crippen LogP contribution in [0.1, 0.15) is 33.7 Å². The maximum absolute atomic E-state index is 14.2. The van der Waals surface area contributed by atoms with Gasteiger partial charge in [-0.15, -0.1) is 5.10 Å². The highest BCUT2D eigenvalue weighted by Crippen LogP contribution is 2.20. The number of amides is 1. The van der Waals surface area contributed by atoms with Crippen LogP contribution < -0.4 is 5.32 Å². The number of nitrogens with one attached hydrogen (secondary N) is 1. The van der Waals surface area contributed by atoms with Crippen LogP contribution in [0.3, 0.4) is 0 Å². The molecule has 8 nitrogen and oxygen atoms in total. The van der Waals surface area contributed by atoms with E-state index in [4.69, 9.17) is 0 Å².